The fraction of sp³-hybridized carbons (Fsp3) is 0.300. The Kier molecular flexibility index (Phi) is 2.90. The molecule has 1 heterocycles. The number of hydrogen-bond donors (Lipinski definition) is 0. The van der Waals surface area contributed by atoms with Gasteiger partial charge >= 0.3 is 0 Å². The van der Waals surface area contributed by atoms with E-state index in [-0.39, 0.29) is 11.6 Å². The number of rotatable bonds is 3. The van der Waals surface area contributed by atoms with Gasteiger partial charge in [0.05, 0.1) is 0 Å². The molecule has 0 amide bonds. The molecule has 0 aliphatic rings. The molecule has 1 aromatic rings. The number of carbonyl (C=O) groups excluding carboxylic acids is 1. The first-order valence-corrected chi connectivity index (χ1v) is 4.06. The number of aryl methyl sites for hydroxylation is 1. The molecule has 3 nitrogen and oxygen atoms in total. The van der Waals surface area contributed by atoms with Crippen molar-refractivity contribution >= 4 is 5.78 Å². The van der Waals surface area contributed by atoms with E-state index in [1.807, 2.05) is 13.8 Å². The number of aromatic nitrogens is 2. The zero-order valence-electron chi connectivity index (χ0n) is 7.87. The molecule has 0 radical (unpaired) electrons. The lowest BCUT2D eigenvalue weighted by atomic mass is 10.1. The lowest BCUT2D eigenvalue weighted by Gasteiger charge is -1.98. The van der Waals surface area contributed by atoms with Crippen molar-refractivity contribution < 1.29 is 4.79 Å². The summed E-state index contributed by atoms with van der Waals surface area (Å²) in [6.45, 7) is 7.36. The summed E-state index contributed by atoms with van der Waals surface area (Å²) in [7, 11) is 0. The van der Waals surface area contributed by atoms with Crippen LogP contribution >= 0.6 is 0 Å². The molecule has 0 saturated heterocycles. The smallest absolute Gasteiger partial charge is 0.204 e. The maximum atomic E-state index is 11.4. The molecule has 0 atom stereocenters. The summed E-state index contributed by atoms with van der Waals surface area (Å²) in [5, 5.41) is 0. The summed E-state index contributed by atoms with van der Waals surface area (Å²) in [6, 6.07) is 0. The molecule has 3 heteroatoms. The van der Waals surface area contributed by atoms with Crippen molar-refractivity contribution in [2.24, 2.45) is 0 Å². The lowest BCUT2D eigenvalue weighted by Crippen LogP contribution is -2.05. The van der Waals surface area contributed by atoms with Gasteiger partial charge in [-0.3, -0.25) is 4.79 Å². The molecule has 1 aromatic heterocycles. The number of Topliss-reactive ketones (excluding diaryl/α,β-unsaturated/α-hetero) is 1. The number of ketones is 1. The molecule has 0 bridgehead atoms. The summed E-state index contributed by atoms with van der Waals surface area (Å²) >= 11 is 0. The molecule has 0 fully saturated rings. The Balaban J connectivity index is 2.78. The van der Waals surface area contributed by atoms with E-state index in [2.05, 4.69) is 16.5 Å². The van der Waals surface area contributed by atoms with Gasteiger partial charge in [-0.05, 0) is 19.4 Å². The summed E-state index contributed by atoms with van der Waals surface area (Å²) < 4.78 is 0. The predicted molar refractivity (Wildman–Crippen MR) is 50.5 cm³/mol. The van der Waals surface area contributed by atoms with Gasteiger partial charge < -0.3 is 0 Å². The molecular formula is C10H12N2O. The van der Waals surface area contributed by atoms with Gasteiger partial charge in [0, 0.05) is 18.8 Å². The van der Waals surface area contributed by atoms with Crippen LogP contribution in [0.15, 0.2) is 24.5 Å². The standard InChI is InChI=1S/C10H12N2O/c1-7(2)4-9(13)10-11-5-8(3)6-12-10/h5-6H,1,4H2,2-3H3. The van der Waals surface area contributed by atoms with Crippen LogP contribution in [0.4, 0.5) is 0 Å². The SMILES string of the molecule is C=C(C)CC(=O)c1ncc(C)cn1. The van der Waals surface area contributed by atoms with Gasteiger partial charge in [-0.15, -0.1) is 0 Å². The molecule has 0 aliphatic heterocycles. The highest BCUT2D eigenvalue weighted by molar-refractivity contribution is 5.93. The van der Waals surface area contributed by atoms with Gasteiger partial charge in [0.25, 0.3) is 0 Å². The van der Waals surface area contributed by atoms with E-state index in [9.17, 15) is 4.79 Å². The maximum absolute atomic E-state index is 11.4. The van der Waals surface area contributed by atoms with Crippen molar-refractivity contribution in [2.45, 2.75) is 20.3 Å². The van der Waals surface area contributed by atoms with Crippen LogP contribution in [-0.4, -0.2) is 15.8 Å². The maximum Gasteiger partial charge on any atom is 0.204 e. The molecule has 0 aromatic carbocycles. The minimum atomic E-state index is -0.0764. The Morgan fingerprint density at radius 2 is 2.00 bits per heavy atom. The Morgan fingerprint density at radius 3 is 2.46 bits per heavy atom. The average molecular weight is 176 g/mol. The average Bonchev–Trinajstić information content (AvgIpc) is 2.04. The molecule has 0 unspecified atom stereocenters. The summed E-state index contributed by atoms with van der Waals surface area (Å²) in [4.78, 5) is 19.2. The summed E-state index contributed by atoms with van der Waals surface area (Å²) in [5.74, 6) is 0.195. The molecular weight excluding hydrogens is 164 g/mol. The van der Waals surface area contributed by atoms with E-state index in [1.54, 1.807) is 12.4 Å². The normalized spacial score (nSPS) is 9.69. The lowest BCUT2D eigenvalue weighted by molar-refractivity contribution is 0.0983. The quantitative estimate of drug-likeness (QED) is 0.522. The van der Waals surface area contributed by atoms with Gasteiger partial charge in [0.2, 0.25) is 5.78 Å². The summed E-state index contributed by atoms with van der Waals surface area (Å²) in [5.41, 5.74) is 1.78. The van der Waals surface area contributed by atoms with Crippen molar-refractivity contribution in [3.05, 3.63) is 35.9 Å². The zero-order chi connectivity index (χ0) is 9.84. The van der Waals surface area contributed by atoms with E-state index < -0.39 is 0 Å². The third kappa shape index (κ3) is 2.78. The Morgan fingerprint density at radius 1 is 1.46 bits per heavy atom. The highest BCUT2D eigenvalue weighted by atomic mass is 16.1. The van der Waals surface area contributed by atoms with Crippen molar-refractivity contribution in [1.82, 2.24) is 9.97 Å². The molecule has 0 saturated carbocycles. The largest absolute Gasteiger partial charge is 0.290 e. The van der Waals surface area contributed by atoms with E-state index in [0.29, 0.717) is 6.42 Å². The van der Waals surface area contributed by atoms with Gasteiger partial charge in [-0.25, -0.2) is 9.97 Å². The van der Waals surface area contributed by atoms with Crippen LogP contribution in [-0.2, 0) is 0 Å². The second kappa shape index (κ2) is 3.94. The molecule has 68 valence electrons. The van der Waals surface area contributed by atoms with Crippen LogP contribution in [0.1, 0.15) is 29.5 Å². The van der Waals surface area contributed by atoms with Crippen molar-refractivity contribution in [3.8, 4) is 0 Å². The fourth-order valence-electron chi connectivity index (χ4n) is 0.890. The van der Waals surface area contributed by atoms with E-state index in [4.69, 9.17) is 0 Å². The topological polar surface area (TPSA) is 42.9 Å². The third-order valence-corrected chi connectivity index (χ3v) is 1.49. The fourth-order valence-corrected chi connectivity index (χ4v) is 0.890. The Hall–Kier alpha value is -1.51. The Labute approximate surface area is 77.5 Å². The first kappa shape index (κ1) is 9.58. The monoisotopic (exact) mass is 176 g/mol. The van der Waals surface area contributed by atoms with Crippen LogP contribution in [0.2, 0.25) is 0 Å². The Bertz CT molecular complexity index is 327. The molecule has 0 aliphatic carbocycles. The molecule has 0 N–H and O–H groups in total. The van der Waals surface area contributed by atoms with E-state index in [1.165, 1.54) is 0 Å². The zero-order valence-corrected chi connectivity index (χ0v) is 7.87. The highest BCUT2D eigenvalue weighted by Crippen LogP contribution is 2.03. The molecule has 1 rings (SSSR count). The highest BCUT2D eigenvalue weighted by Gasteiger charge is 2.07. The van der Waals surface area contributed by atoms with E-state index in [0.717, 1.165) is 11.1 Å². The second-order valence-electron chi connectivity index (χ2n) is 3.14. The number of allylic oxidation sites excluding steroid dienone is 1. The summed E-state index contributed by atoms with van der Waals surface area (Å²) in [6.07, 6.45) is 3.60. The first-order chi connectivity index (χ1) is 6.09. The third-order valence-electron chi connectivity index (χ3n) is 1.49. The first-order valence-electron chi connectivity index (χ1n) is 4.06. The second-order valence-corrected chi connectivity index (χ2v) is 3.14. The number of carbonyl (C=O) groups is 1. The van der Waals surface area contributed by atoms with Crippen LogP contribution < -0.4 is 0 Å². The molecule has 0 spiro atoms. The van der Waals surface area contributed by atoms with Gasteiger partial charge in [-0.1, -0.05) is 12.2 Å². The van der Waals surface area contributed by atoms with Gasteiger partial charge in [0.1, 0.15) is 0 Å². The van der Waals surface area contributed by atoms with Crippen molar-refractivity contribution in [1.29, 1.82) is 0 Å². The van der Waals surface area contributed by atoms with Crippen LogP contribution in [0.25, 0.3) is 0 Å². The minimum Gasteiger partial charge on any atom is -0.290 e. The number of nitrogens with zero attached hydrogens (tertiary/aromatic N) is 2. The predicted octanol–water partition coefficient (Wildman–Crippen LogP) is 1.93. The molecule has 13 heavy (non-hydrogen) atoms. The van der Waals surface area contributed by atoms with Crippen LogP contribution in [0.3, 0.4) is 0 Å². The minimum absolute atomic E-state index is 0.0764. The van der Waals surface area contributed by atoms with Crippen molar-refractivity contribution in [3.63, 3.8) is 0 Å². The van der Waals surface area contributed by atoms with Gasteiger partial charge in [0.15, 0.2) is 5.82 Å². The van der Waals surface area contributed by atoms with Crippen LogP contribution in [0, 0.1) is 6.92 Å². The van der Waals surface area contributed by atoms with Gasteiger partial charge in [-0.2, -0.15) is 0 Å². The van der Waals surface area contributed by atoms with Crippen molar-refractivity contribution in [2.75, 3.05) is 0 Å². The van der Waals surface area contributed by atoms with E-state index >= 15 is 0 Å². The van der Waals surface area contributed by atoms with Crippen LogP contribution in [0.5, 0.6) is 0 Å². The number of hydrogen-bond acceptors (Lipinski definition) is 3.